The van der Waals surface area contributed by atoms with Gasteiger partial charge in [0.2, 0.25) is 0 Å². The molecule has 0 saturated heterocycles. The third-order valence-corrected chi connectivity index (χ3v) is 3.45. The molecule has 0 radical (unpaired) electrons. The number of hydrogen-bond acceptors (Lipinski definition) is 4. The van der Waals surface area contributed by atoms with Crippen molar-refractivity contribution in [3.05, 3.63) is 30.5 Å². The highest BCUT2D eigenvalue weighted by Gasteiger charge is 2.08. The number of nitrogens with two attached hydrogens (primary N) is 1. The van der Waals surface area contributed by atoms with Gasteiger partial charge in [-0.05, 0) is 19.2 Å². The first-order valence-corrected chi connectivity index (χ1v) is 7.00. The zero-order valence-corrected chi connectivity index (χ0v) is 10.9. The summed E-state index contributed by atoms with van der Waals surface area (Å²) in [6.07, 6.45) is 3.82. The lowest BCUT2D eigenvalue weighted by molar-refractivity contribution is 0.917. The Balaban J connectivity index is 2.40. The molecule has 4 heteroatoms. The van der Waals surface area contributed by atoms with Crippen LogP contribution in [0.4, 0.5) is 11.4 Å². The number of nitrogen functional groups attached to an aromatic ring is 1. The molecule has 0 aliphatic heterocycles. The van der Waals surface area contributed by atoms with E-state index in [1.54, 1.807) is 6.20 Å². The van der Waals surface area contributed by atoms with E-state index in [-0.39, 0.29) is 0 Å². The molecule has 3 N–H and O–H groups in total. The van der Waals surface area contributed by atoms with E-state index in [2.05, 4.69) is 23.5 Å². The largest absolute Gasteiger partial charge is 0.396 e. The lowest BCUT2D eigenvalue weighted by Gasteiger charge is -2.17. The highest BCUT2D eigenvalue weighted by atomic mass is 32.2. The highest BCUT2D eigenvalue weighted by molar-refractivity contribution is 7.98. The Bertz CT molecular complexity index is 513. The molecule has 1 heterocycles. The van der Waals surface area contributed by atoms with Crippen molar-refractivity contribution in [2.24, 2.45) is 0 Å². The first-order valence-electron chi connectivity index (χ1n) is 5.61. The summed E-state index contributed by atoms with van der Waals surface area (Å²) in [6.45, 7) is 2.16. The van der Waals surface area contributed by atoms with Crippen molar-refractivity contribution in [3.63, 3.8) is 0 Å². The molecular weight excluding hydrogens is 230 g/mol. The zero-order chi connectivity index (χ0) is 12.3. The van der Waals surface area contributed by atoms with Crippen molar-refractivity contribution in [3.8, 4) is 0 Å². The molecule has 0 saturated carbocycles. The zero-order valence-electron chi connectivity index (χ0n) is 10.1. The molecule has 0 aliphatic carbocycles. The van der Waals surface area contributed by atoms with E-state index in [9.17, 15) is 0 Å². The van der Waals surface area contributed by atoms with Gasteiger partial charge in [0.1, 0.15) is 0 Å². The summed E-state index contributed by atoms with van der Waals surface area (Å²) < 4.78 is 0. The summed E-state index contributed by atoms with van der Waals surface area (Å²) in [4.78, 5) is 4.32. The second-order valence-electron chi connectivity index (χ2n) is 4.11. The summed E-state index contributed by atoms with van der Waals surface area (Å²) in [5.41, 5.74) is 8.67. The summed E-state index contributed by atoms with van der Waals surface area (Å²) in [5.74, 6) is 1.05. The molecule has 0 bridgehead atoms. The summed E-state index contributed by atoms with van der Waals surface area (Å²) in [5, 5.41) is 4.55. The molecular formula is C13H17N3S. The van der Waals surface area contributed by atoms with Crippen LogP contribution in [-0.2, 0) is 0 Å². The van der Waals surface area contributed by atoms with Crippen molar-refractivity contribution < 1.29 is 0 Å². The van der Waals surface area contributed by atoms with Crippen molar-refractivity contribution in [1.29, 1.82) is 0 Å². The topological polar surface area (TPSA) is 50.9 Å². The molecule has 2 aromatic rings. The lowest BCUT2D eigenvalue weighted by atomic mass is 10.1. The van der Waals surface area contributed by atoms with Crippen LogP contribution in [0.3, 0.4) is 0 Å². The molecule has 3 nitrogen and oxygen atoms in total. The summed E-state index contributed by atoms with van der Waals surface area (Å²) in [7, 11) is 0. The van der Waals surface area contributed by atoms with Crippen LogP contribution >= 0.6 is 11.8 Å². The average molecular weight is 247 g/mol. The maximum atomic E-state index is 6.00. The van der Waals surface area contributed by atoms with Crippen LogP contribution < -0.4 is 11.1 Å². The third kappa shape index (κ3) is 2.64. The van der Waals surface area contributed by atoms with Crippen LogP contribution in [-0.4, -0.2) is 23.0 Å². The van der Waals surface area contributed by atoms with E-state index >= 15 is 0 Å². The molecule has 1 atom stereocenters. The predicted octanol–water partition coefficient (Wildman–Crippen LogP) is 2.98. The molecule has 0 aliphatic rings. The predicted molar refractivity (Wildman–Crippen MR) is 77.6 cm³/mol. The molecule has 0 fully saturated rings. The fourth-order valence-electron chi connectivity index (χ4n) is 1.86. The van der Waals surface area contributed by atoms with E-state index in [4.69, 9.17) is 5.73 Å². The Morgan fingerprint density at radius 2 is 2.18 bits per heavy atom. The van der Waals surface area contributed by atoms with Crippen LogP contribution in [0.2, 0.25) is 0 Å². The van der Waals surface area contributed by atoms with E-state index < -0.39 is 0 Å². The van der Waals surface area contributed by atoms with Crippen LogP contribution in [0.15, 0.2) is 30.5 Å². The van der Waals surface area contributed by atoms with E-state index in [1.165, 1.54) is 0 Å². The normalized spacial score (nSPS) is 12.6. The Morgan fingerprint density at radius 3 is 2.94 bits per heavy atom. The molecule has 1 unspecified atom stereocenters. The van der Waals surface area contributed by atoms with E-state index in [0.29, 0.717) is 11.7 Å². The number of nitrogens with zero attached hydrogens (tertiary/aromatic N) is 1. The standard InChI is InChI=1S/C13H17N3S/c1-9(8-17-2)16-13-10-5-3-4-6-12(10)15-7-11(13)14/h3-7,9H,8,14H2,1-2H3,(H,15,16). The Hall–Kier alpha value is -1.42. The molecule has 90 valence electrons. The second kappa shape index (κ2) is 5.27. The first-order chi connectivity index (χ1) is 8.22. The van der Waals surface area contributed by atoms with Gasteiger partial charge in [-0.3, -0.25) is 4.98 Å². The maximum absolute atomic E-state index is 6.00. The Kier molecular flexibility index (Phi) is 3.74. The number of para-hydroxylation sites is 1. The number of nitrogens with one attached hydrogen (secondary N) is 1. The molecule has 1 aromatic carbocycles. The minimum absolute atomic E-state index is 0.387. The van der Waals surface area contributed by atoms with Gasteiger partial charge >= 0.3 is 0 Å². The van der Waals surface area contributed by atoms with Crippen molar-refractivity contribution in [2.75, 3.05) is 23.1 Å². The minimum Gasteiger partial charge on any atom is -0.396 e. The quantitative estimate of drug-likeness (QED) is 0.872. The number of aromatic nitrogens is 1. The molecule has 2 rings (SSSR count). The number of fused-ring (bicyclic) bond motifs is 1. The number of pyridine rings is 1. The number of rotatable bonds is 4. The number of anilines is 2. The second-order valence-corrected chi connectivity index (χ2v) is 5.02. The van der Waals surface area contributed by atoms with E-state index in [0.717, 1.165) is 22.3 Å². The van der Waals surface area contributed by atoms with Crippen molar-refractivity contribution >= 4 is 34.0 Å². The SMILES string of the molecule is CSCC(C)Nc1c(N)cnc2ccccc12. The van der Waals surface area contributed by atoms with Gasteiger partial charge in [0, 0.05) is 17.2 Å². The molecule has 0 spiro atoms. The average Bonchev–Trinajstić information content (AvgIpc) is 2.33. The van der Waals surface area contributed by atoms with Gasteiger partial charge in [0.15, 0.2) is 0 Å². The molecule has 17 heavy (non-hydrogen) atoms. The van der Waals surface area contributed by atoms with Crippen LogP contribution in [0.1, 0.15) is 6.92 Å². The van der Waals surface area contributed by atoms with Crippen molar-refractivity contribution in [2.45, 2.75) is 13.0 Å². The van der Waals surface area contributed by atoms with Gasteiger partial charge < -0.3 is 11.1 Å². The van der Waals surface area contributed by atoms with Gasteiger partial charge in [0.25, 0.3) is 0 Å². The number of thioether (sulfide) groups is 1. The number of hydrogen-bond donors (Lipinski definition) is 2. The fraction of sp³-hybridized carbons (Fsp3) is 0.308. The Morgan fingerprint density at radius 1 is 1.41 bits per heavy atom. The van der Waals surface area contributed by atoms with E-state index in [1.807, 2.05) is 36.0 Å². The van der Waals surface area contributed by atoms with Crippen molar-refractivity contribution in [1.82, 2.24) is 4.98 Å². The van der Waals surface area contributed by atoms with Crippen LogP contribution in [0.5, 0.6) is 0 Å². The summed E-state index contributed by atoms with van der Waals surface area (Å²) in [6, 6.07) is 8.43. The summed E-state index contributed by atoms with van der Waals surface area (Å²) >= 11 is 1.82. The molecule has 1 aromatic heterocycles. The number of benzene rings is 1. The van der Waals surface area contributed by atoms with Gasteiger partial charge in [-0.2, -0.15) is 11.8 Å². The van der Waals surface area contributed by atoms with Crippen LogP contribution in [0.25, 0.3) is 10.9 Å². The maximum Gasteiger partial charge on any atom is 0.0743 e. The van der Waals surface area contributed by atoms with Gasteiger partial charge in [-0.15, -0.1) is 0 Å². The smallest absolute Gasteiger partial charge is 0.0743 e. The third-order valence-electron chi connectivity index (χ3n) is 2.61. The first kappa shape index (κ1) is 12.0. The highest BCUT2D eigenvalue weighted by Crippen LogP contribution is 2.28. The monoisotopic (exact) mass is 247 g/mol. The van der Waals surface area contributed by atoms with Gasteiger partial charge in [0.05, 0.1) is 23.1 Å². The van der Waals surface area contributed by atoms with Gasteiger partial charge in [-0.1, -0.05) is 18.2 Å². The van der Waals surface area contributed by atoms with Gasteiger partial charge in [-0.25, -0.2) is 0 Å². The molecule has 0 amide bonds. The minimum atomic E-state index is 0.387. The fourth-order valence-corrected chi connectivity index (χ4v) is 2.44. The Labute approximate surface area is 106 Å². The van der Waals surface area contributed by atoms with Crippen LogP contribution in [0, 0.1) is 0 Å². The lowest BCUT2D eigenvalue weighted by Crippen LogP contribution is -2.19.